The summed E-state index contributed by atoms with van der Waals surface area (Å²) in [6.45, 7) is 12.5. The molecule has 0 spiro atoms. The number of furan rings is 1. The molecule has 0 fully saturated rings. The van der Waals surface area contributed by atoms with Gasteiger partial charge in [-0.2, -0.15) is 0 Å². The number of rotatable bonds is 6. The van der Waals surface area contributed by atoms with Gasteiger partial charge in [0.1, 0.15) is 5.58 Å². The van der Waals surface area contributed by atoms with Gasteiger partial charge in [-0.25, -0.2) is 0 Å². The summed E-state index contributed by atoms with van der Waals surface area (Å²) in [5, 5.41) is 11.7. The molecule has 5 heteroatoms. The number of allylic oxidation sites excluding steroid dienone is 2. The Morgan fingerprint density at radius 3 is 1.91 bits per heavy atom. The van der Waals surface area contributed by atoms with Gasteiger partial charge in [-0.05, 0) is 90.8 Å². The number of para-hydroxylation sites is 3. The van der Waals surface area contributed by atoms with Crippen molar-refractivity contribution in [2.45, 2.75) is 33.7 Å². The highest BCUT2D eigenvalue weighted by Crippen LogP contribution is 2.51. The van der Waals surface area contributed by atoms with Crippen LogP contribution in [0.5, 0.6) is 0 Å². The molecular formula is C59H50N4O. The molecule has 12 aromatic rings. The van der Waals surface area contributed by atoms with E-state index in [4.69, 9.17) is 9.41 Å². The van der Waals surface area contributed by atoms with Gasteiger partial charge in [0.25, 0.3) is 0 Å². The molecule has 64 heavy (non-hydrogen) atoms. The van der Waals surface area contributed by atoms with Crippen molar-refractivity contribution in [3.05, 3.63) is 204 Å². The molecule has 0 aliphatic rings. The molecule has 0 saturated carbocycles. The lowest BCUT2D eigenvalue weighted by Crippen LogP contribution is -2.15. The highest BCUT2D eigenvalue weighted by atomic mass is 16.3. The average molecular weight is 831 g/mol. The van der Waals surface area contributed by atoms with Crippen molar-refractivity contribution >= 4 is 99.4 Å². The zero-order chi connectivity index (χ0) is 44.1. The van der Waals surface area contributed by atoms with E-state index < -0.39 is 0 Å². The number of hydrogen-bond acceptors (Lipinski definition) is 3. The van der Waals surface area contributed by atoms with E-state index in [0.717, 1.165) is 66.6 Å². The maximum Gasteiger partial charge on any atom is 0.160 e. The van der Waals surface area contributed by atoms with Crippen LogP contribution in [-0.4, -0.2) is 22.9 Å². The van der Waals surface area contributed by atoms with Crippen LogP contribution in [0.1, 0.15) is 43.5 Å². The van der Waals surface area contributed by atoms with Crippen molar-refractivity contribution in [2.75, 3.05) is 7.05 Å². The Balaban J connectivity index is 0.00000118. The molecule has 1 atom stereocenters. The fraction of sp³-hybridized carbons (Fsp3) is 0.102. The lowest BCUT2D eigenvalue weighted by molar-refractivity contribution is 0.666. The quantitative estimate of drug-likeness (QED) is 0.170. The molecule has 1 unspecified atom stereocenters. The molecule has 5 nitrogen and oxygen atoms in total. The van der Waals surface area contributed by atoms with Crippen molar-refractivity contribution in [3.63, 3.8) is 0 Å². The molecule has 312 valence electrons. The van der Waals surface area contributed by atoms with Gasteiger partial charge in [0.15, 0.2) is 5.58 Å². The minimum Gasteiger partial charge on any atom is -0.454 e. The molecule has 0 amide bonds. The van der Waals surface area contributed by atoms with Gasteiger partial charge >= 0.3 is 0 Å². The van der Waals surface area contributed by atoms with E-state index in [0.29, 0.717) is 0 Å². The van der Waals surface area contributed by atoms with Crippen molar-refractivity contribution < 1.29 is 4.42 Å². The van der Waals surface area contributed by atoms with Crippen molar-refractivity contribution in [1.29, 1.82) is 0 Å². The van der Waals surface area contributed by atoms with Crippen LogP contribution in [0.4, 0.5) is 0 Å². The molecule has 3 heterocycles. The molecule has 0 radical (unpaired) electrons. The van der Waals surface area contributed by atoms with E-state index >= 15 is 0 Å². The van der Waals surface area contributed by atoms with Gasteiger partial charge in [-0.3, -0.25) is 4.99 Å². The minimum atomic E-state index is -0.369. The highest BCUT2D eigenvalue weighted by molar-refractivity contribution is 6.36. The van der Waals surface area contributed by atoms with E-state index in [1.807, 2.05) is 13.8 Å². The maximum absolute atomic E-state index is 7.15. The first kappa shape index (κ1) is 40.3. The maximum atomic E-state index is 7.15. The van der Waals surface area contributed by atoms with E-state index in [1.165, 1.54) is 61.2 Å². The topological polar surface area (TPSA) is 61.4 Å². The third kappa shape index (κ3) is 6.07. The number of fused-ring (bicyclic) bond motifs is 15. The van der Waals surface area contributed by atoms with Gasteiger partial charge in [0, 0.05) is 54.7 Å². The summed E-state index contributed by atoms with van der Waals surface area (Å²) in [7, 11) is 1.50. The van der Waals surface area contributed by atoms with E-state index in [9.17, 15) is 0 Å². The smallest absolute Gasteiger partial charge is 0.160 e. The van der Waals surface area contributed by atoms with Gasteiger partial charge in [0.2, 0.25) is 0 Å². The number of nitrogens with two attached hydrogens (primary N) is 1. The van der Waals surface area contributed by atoms with Crippen molar-refractivity contribution in [3.8, 4) is 5.69 Å². The standard InChI is InChI=1S/C56H39N3O.C2H6.CH5N/c1-34-17-7-9-21-39(34)50(35(2)57-3)53(37-30-31-42-41-23-13-15-27-47(41)58(48(42)33-37)38-19-5-4-6-20-38)59-54-40-22-10-8-18-36(40)29-32-46(54)51-43-24-11-12-25-44(43)52-45-26-14-16-28-49(45)60-56(52)55(51)59;2*1-2/h4-33,53H,3H2,1-2H3;1-2H3;2H2,1H3/b50-35-;;. The van der Waals surface area contributed by atoms with Crippen LogP contribution in [0, 0.1) is 6.92 Å². The van der Waals surface area contributed by atoms with Gasteiger partial charge in [0.05, 0.1) is 28.1 Å². The summed E-state index contributed by atoms with van der Waals surface area (Å²) < 4.78 is 12.2. The molecule has 0 saturated heterocycles. The Bertz CT molecular complexity index is 3770. The Hall–Kier alpha value is -7.73. The van der Waals surface area contributed by atoms with Crippen molar-refractivity contribution in [2.24, 2.45) is 10.7 Å². The molecular weight excluding hydrogens is 781 g/mol. The first-order chi connectivity index (χ1) is 31.6. The Morgan fingerprint density at radius 1 is 0.562 bits per heavy atom. The summed E-state index contributed by atoms with van der Waals surface area (Å²) >= 11 is 0. The number of hydrogen-bond donors (Lipinski definition) is 1. The summed E-state index contributed by atoms with van der Waals surface area (Å²) in [5.41, 5.74) is 17.3. The lowest BCUT2D eigenvalue weighted by atomic mass is 9.88. The zero-order valence-corrected chi connectivity index (χ0v) is 36.9. The molecule has 0 bridgehead atoms. The zero-order valence-electron chi connectivity index (χ0n) is 36.9. The molecule has 9 aromatic carbocycles. The van der Waals surface area contributed by atoms with Crippen LogP contribution in [0.25, 0.3) is 98.4 Å². The van der Waals surface area contributed by atoms with Crippen LogP contribution in [0.15, 0.2) is 197 Å². The van der Waals surface area contributed by atoms with Crippen LogP contribution in [-0.2, 0) is 0 Å². The first-order valence-electron chi connectivity index (χ1n) is 22.2. The predicted octanol–water partition coefficient (Wildman–Crippen LogP) is 15.7. The summed E-state index contributed by atoms with van der Waals surface area (Å²) in [4.78, 5) is 4.78. The second kappa shape index (κ2) is 16.5. The lowest BCUT2D eigenvalue weighted by Gasteiger charge is -2.28. The molecule has 12 rings (SSSR count). The predicted molar refractivity (Wildman–Crippen MR) is 275 cm³/mol. The van der Waals surface area contributed by atoms with E-state index in [2.05, 4.69) is 217 Å². The monoisotopic (exact) mass is 830 g/mol. The van der Waals surface area contributed by atoms with Crippen LogP contribution in [0.2, 0.25) is 0 Å². The van der Waals surface area contributed by atoms with Crippen LogP contribution in [0.3, 0.4) is 0 Å². The normalized spacial score (nSPS) is 12.5. The summed E-state index contributed by atoms with van der Waals surface area (Å²) in [6.07, 6.45) is 0. The number of benzene rings is 9. The van der Waals surface area contributed by atoms with Crippen LogP contribution < -0.4 is 5.73 Å². The van der Waals surface area contributed by atoms with Gasteiger partial charge in [-0.15, -0.1) is 0 Å². The average Bonchev–Trinajstić information content (AvgIpc) is 4.03. The molecule has 2 N–H and O–H groups in total. The van der Waals surface area contributed by atoms with E-state index in [-0.39, 0.29) is 6.04 Å². The Kier molecular flexibility index (Phi) is 10.4. The summed E-state index contributed by atoms with van der Waals surface area (Å²) in [5.74, 6) is 0. The molecule has 0 aliphatic carbocycles. The SMILES string of the molecule is C=N/C(C)=C(/c1ccccc1C)C(c1ccc2c3ccccc3n(-c3ccccc3)c2c1)n1c2c3ccccc3ccc2c2c3ccccc3c3c4ccccc4oc3c21.CC.CN. The first-order valence-corrected chi connectivity index (χ1v) is 22.2. The molecule has 0 aliphatic heterocycles. The summed E-state index contributed by atoms with van der Waals surface area (Å²) in [6, 6.07) is 65.5. The Morgan fingerprint density at radius 2 is 1.16 bits per heavy atom. The fourth-order valence-electron chi connectivity index (χ4n) is 10.2. The third-order valence-corrected chi connectivity index (χ3v) is 12.8. The molecule has 3 aromatic heterocycles. The second-order valence-corrected chi connectivity index (χ2v) is 16.0. The minimum absolute atomic E-state index is 0.369. The second-order valence-electron chi connectivity index (χ2n) is 16.0. The van der Waals surface area contributed by atoms with Gasteiger partial charge in [-0.1, -0.05) is 166 Å². The third-order valence-electron chi connectivity index (χ3n) is 12.8. The van der Waals surface area contributed by atoms with E-state index in [1.54, 1.807) is 0 Å². The van der Waals surface area contributed by atoms with Gasteiger partial charge < -0.3 is 19.3 Å². The Labute approximate surface area is 373 Å². The number of aryl methyl sites for hydroxylation is 1. The van der Waals surface area contributed by atoms with Crippen LogP contribution >= 0.6 is 0 Å². The number of aliphatic imine (C=N–C) groups is 1. The highest BCUT2D eigenvalue weighted by Gasteiger charge is 2.32. The number of aromatic nitrogens is 2. The van der Waals surface area contributed by atoms with Crippen molar-refractivity contribution in [1.82, 2.24) is 9.13 Å². The largest absolute Gasteiger partial charge is 0.454 e. The fourth-order valence-corrected chi connectivity index (χ4v) is 10.2. The number of nitrogens with zero attached hydrogens (tertiary/aromatic N) is 3.